The van der Waals surface area contributed by atoms with E-state index in [4.69, 9.17) is 26.3 Å². The molecule has 0 aliphatic rings. The molecule has 0 aromatic heterocycles. The summed E-state index contributed by atoms with van der Waals surface area (Å²) in [5.74, 6) is 1.01. The minimum Gasteiger partial charge on any atom is -0.490 e. The van der Waals surface area contributed by atoms with Crippen LogP contribution in [0.4, 0.5) is 0 Å². The molecule has 0 radical (unpaired) electrons. The van der Waals surface area contributed by atoms with E-state index in [1.807, 2.05) is 32.0 Å². The van der Waals surface area contributed by atoms with Gasteiger partial charge in [0, 0.05) is 5.56 Å². The van der Waals surface area contributed by atoms with Crippen LogP contribution in [0.25, 0.3) is 0 Å². The minimum absolute atomic E-state index is 0.398. The average molecular weight is 320 g/mol. The highest BCUT2D eigenvalue weighted by Gasteiger charge is 2.12. The first-order valence-corrected chi connectivity index (χ1v) is 7.34. The Balaban J connectivity index is 2.25. The third-order valence-corrected chi connectivity index (χ3v) is 3.28. The maximum absolute atomic E-state index is 8.63. The van der Waals surface area contributed by atoms with E-state index in [0.717, 1.165) is 5.56 Å². The zero-order chi connectivity index (χ0) is 15.9. The van der Waals surface area contributed by atoms with E-state index in [0.29, 0.717) is 35.3 Å². The van der Waals surface area contributed by atoms with Crippen molar-refractivity contribution in [2.24, 2.45) is 5.16 Å². The van der Waals surface area contributed by atoms with Gasteiger partial charge in [0.2, 0.25) is 0 Å². The summed E-state index contributed by atoms with van der Waals surface area (Å²) in [6.45, 7) is 4.79. The van der Waals surface area contributed by atoms with E-state index in [-0.39, 0.29) is 0 Å². The number of oxime groups is 1. The molecule has 0 spiro atoms. The van der Waals surface area contributed by atoms with E-state index in [1.165, 1.54) is 11.8 Å². The SMILES string of the molecule is CCOc1cc(C=NO)cc(Cl)c1OCc1cccc(C)c1. The van der Waals surface area contributed by atoms with Gasteiger partial charge in [0.15, 0.2) is 11.5 Å². The molecule has 0 saturated heterocycles. The minimum atomic E-state index is 0.398. The van der Waals surface area contributed by atoms with Crippen molar-refractivity contribution in [3.05, 3.63) is 58.1 Å². The number of rotatable bonds is 6. The monoisotopic (exact) mass is 319 g/mol. The molecule has 1 N–H and O–H groups in total. The first-order chi connectivity index (χ1) is 10.6. The predicted molar refractivity (Wildman–Crippen MR) is 87.5 cm³/mol. The fourth-order valence-electron chi connectivity index (χ4n) is 2.09. The summed E-state index contributed by atoms with van der Waals surface area (Å²) in [6, 6.07) is 11.5. The van der Waals surface area contributed by atoms with Gasteiger partial charge in [-0.15, -0.1) is 0 Å². The second-order valence-electron chi connectivity index (χ2n) is 4.79. The summed E-state index contributed by atoms with van der Waals surface area (Å²) in [6.07, 6.45) is 1.29. The second kappa shape index (κ2) is 7.71. The average Bonchev–Trinajstić information content (AvgIpc) is 2.47. The van der Waals surface area contributed by atoms with Gasteiger partial charge in [0.25, 0.3) is 0 Å². The van der Waals surface area contributed by atoms with Crippen molar-refractivity contribution >= 4 is 17.8 Å². The molecular formula is C17H18ClNO3. The molecule has 2 rings (SSSR count). The first kappa shape index (κ1) is 16.2. The van der Waals surface area contributed by atoms with Gasteiger partial charge >= 0.3 is 0 Å². The van der Waals surface area contributed by atoms with Crippen LogP contribution < -0.4 is 9.47 Å². The van der Waals surface area contributed by atoms with Gasteiger partial charge < -0.3 is 14.7 Å². The van der Waals surface area contributed by atoms with E-state index < -0.39 is 0 Å². The molecule has 4 nitrogen and oxygen atoms in total. The number of halogens is 1. The predicted octanol–water partition coefficient (Wildman–Crippen LogP) is 4.43. The molecule has 116 valence electrons. The van der Waals surface area contributed by atoms with Gasteiger partial charge in [0.05, 0.1) is 17.8 Å². The van der Waals surface area contributed by atoms with Crippen LogP contribution in [0.3, 0.4) is 0 Å². The van der Waals surface area contributed by atoms with Gasteiger partial charge in [-0.2, -0.15) is 0 Å². The number of ether oxygens (including phenoxy) is 2. The number of hydrogen-bond donors (Lipinski definition) is 1. The number of nitrogens with zero attached hydrogens (tertiary/aromatic N) is 1. The van der Waals surface area contributed by atoms with Crippen molar-refractivity contribution in [1.29, 1.82) is 0 Å². The lowest BCUT2D eigenvalue weighted by Crippen LogP contribution is -2.01. The molecule has 5 heteroatoms. The molecule has 0 saturated carbocycles. The largest absolute Gasteiger partial charge is 0.490 e. The van der Waals surface area contributed by atoms with Crippen LogP contribution >= 0.6 is 11.6 Å². The molecule has 0 bridgehead atoms. The van der Waals surface area contributed by atoms with Crippen molar-refractivity contribution in [2.45, 2.75) is 20.5 Å². The fourth-order valence-corrected chi connectivity index (χ4v) is 2.36. The Morgan fingerprint density at radius 2 is 2.05 bits per heavy atom. The van der Waals surface area contributed by atoms with Crippen molar-refractivity contribution in [3.63, 3.8) is 0 Å². The Labute approximate surface area is 134 Å². The van der Waals surface area contributed by atoms with Crippen molar-refractivity contribution in [2.75, 3.05) is 6.61 Å². The Bertz CT molecular complexity index is 671. The Hall–Kier alpha value is -2.20. The van der Waals surface area contributed by atoms with E-state index in [2.05, 4.69) is 11.2 Å². The topological polar surface area (TPSA) is 51.0 Å². The van der Waals surface area contributed by atoms with Crippen molar-refractivity contribution < 1.29 is 14.7 Å². The lowest BCUT2D eigenvalue weighted by molar-refractivity contribution is 0.269. The van der Waals surface area contributed by atoms with Gasteiger partial charge in [-0.05, 0) is 31.5 Å². The van der Waals surface area contributed by atoms with Crippen molar-refractivity contribution in [1.82, 2.24) is 0 Å². The Kier molecular flexibility index (Phi) is 5.67. The maximum Gasteiger partial charge on any atom is 0.180 e. The summed E-state index contributed by atoms with van der Waals surface area (Å²) in [4.78, 5) is 0. The normalized spacial score (nSPS) is 10.9. The van der Waals surface area contributed by atoms with Gasteiger partial charge in [0.1, 0.15) is 6.61 Å². The molecule has 2 aromatic rings. The summed E-state index contributed by atoms with van der Waals surface area (Å²) in [5.41, 5.74) is 2.87. The summed E-state index contributed by atoms with van der Waals surface area (Å²) >= 11 is 6.26. The Morgan fingerprint density at radius 3 is 2.73 bits per heavy atom. The van der Waals surface area contributed by atoms with Crippen LogP contribution in [0.15, 0.2) is 41.6 Å². The van der Waals surface area contributed by atoms with Crippen LogP contribution in [-0.4, -0.2) is 18.0 Å². The summed E-state index contributed by atoms with van der Waals surface area (Å²) in [5, 5.41) is 12.0. The summed E-state index contributed by atoms with van der Waals surface area (Å²) in [7, 11) is 0. The molecule has 0 unspecified atom stereocenters. The molecule has 0 aliphatic heterocycles. The molecule has 0 aliphatic carbocycles. The van der Waals surface area contributed by atoms with Crippen LogP contribution in [0.5, 0.6) is 11.5 Å². The molecule has 0 amide bonds. The molecule has 0 fully saturated rings. The highest BCUT2D eigenvalue weighted by molar-refractivity contribution is 6.32. The van der Waals surface area contributed by atoms with Crippen LogP contribution in [0.1, 0.15) is 23.6 Å². The fraction of sp³-hybridized carbons (Fsp3) is 0.235. The standard InChI is InChI=1S/C17H18ClNO3/c1-3-21-16-9-14(10-19-20)8-15(18)17(16)22-11-13-6-4-5-12(2)7-13/h4-10,20H,3,11H2,1-2H3. The highest BCUT2D eigenvalue weighted by atomic mass is 35.5. The van der Waals surface area contributed by atoms with Crippen LogP contribution in [0.2, 0.25) is 5.02 Å². The van der Waals surface area contributed by atoms with Gasteiger partial charge in [-0.25, -0.2) is 0 Å². The zero-order valence-electron chi connectivity index (χ0n) is 12.5. The lowest BCUT2D eigenvalue weighted by Gasteiger charge is -2.14. The molecule has 22 heavy (non-hydrogen) atoms. The van der Waals surface area contributed by atoms with Gasteiger partial charge in [-0.3, -0.25) is 0 Å². The van der Waals surface area contributed by atoms with Crippen molar-refractivity contribution in [3.8, 4) is 11.5 Å². The van der Waals surface area contributed by atoms with E-state index >= 15 is 0 Å². The van der Waals surface area contributed by atoms with E-state index in [1.54, 1.807) is 12.1 Å². The molecule has 2 aromatic carbocycles. The highest BCUT2D eigenvalue weighted by Crippen LogP contribution is 2.36. The van der Waals surface area contributed by atoms with Crippen LogP contribution in [-0.2, 0) is 6.61 Å². The van der Waals surface area contributed by atoms with Gasteiger partial charge in [-0.1, -0.05) is 46.6 Å². The molecule has 0 atom stereocenters. The quantitative estimate of drug-likeness (QED) is 0.486. The second-order valence-corrected chi connectivity index (χ2v) is 5.19. The maximum atomic E-state index is 8.63. The smallest absolute Gasteiger partial charge is 0.180 e. The third-order valence-electron chi connectivity index (χ3n) is 3.00. The Morgan fingerprint density at radius 1 is 1.23 bits per heavy atom. The van der Waals surface area contributed by atoms with E-state index in [9.17, 15) is 0 Å². The van der Waals surface area contributed by atoms with Crippen LogP contribution in [0, 0.1) is 6.92 Å². The third kappa shape index (κ3) is 4.15. The number of hydrogen-bond acceptors (Lipinski definition) is 4. The summed E-state index contributed by atoms with van der Waals surface area (Å²) < 4.78 is 11.4. The molecule has 0 heterocycles. The number of aryl methyl sites for hydroxylation is 1. The molecular weight excluding hydrogens is 302 g/mol. The lowest BCUT2D eigenvalue weighted by atomic mass is 10.1. The first-order valence-electron chi connectivity index (χ1n) is 6.96. The zero-order valence-corrected chi connectivity index (χ0v) is 13.3. The number of benzene rings is 2.